The number of unbranched alkanes of at least 4 members (excludes halogenated alkanes) is 19. The van der Waals surface area contributed by atoms with E-state index < -0.39 is 0 Å². The molecule has 0 aliphatic rings. The molecule has 0 atom stereocenters. The van der Waals surface area contributed by atoms with Crippen LogP contribution >= 0.6 is 0 Å². The fraction of sp³-hybridized carbons (Fsp3) is 0.893. The molecular formula is C28H56O3. The zero-order valence-corrected chi connectivity index (χ0v) is 21.5. The van der Waals surface area contributed by atoms with E-state index in [1.165, 1.54) is 103 Å². The number of carbonyl (C=O) groups is 3. The summed E-state index contributed by atoms with van der Waals surface area (Å²) in [5, 5.41) is 0. The van der Waals surface area contributed by atoms with Crippen LogP contribution in [0, 0.1) is 0 Å². The fourth-order valence-corrected chi connectivity index (χ4v) is 3.20. The Bertz CT molecular complexity index is 315. The quantitative estimate of drug-likeness (QED) is 0.124. The summed E-state index contributed by atoms with van der Waals surface area (Å²) in [6.45, 7) is 6.65. The van der Waals surface area contributed by atoms with Gasteiger partial charge in [0, 0.05) is 19.3 Å². The van der Waals surface area contributed by atoms with Gasteiger partial charge in [-0.05, 0) is 19.3 Å². The molecule has 0 aliphatic carbocycles. The van der Waals surface area contributed by atoms with Gasteiger partial charge in [0.1, 0.15) is 18.9 Å². The molecule has 0 aliphatic heterocycles. The van der Waals surface area contributed by atoms with Crippen molar-refractivity contribution < 1.29 is 14.4 Å². The zero-order chi connectivity index (χ0) is 23.7. The van der Waals surface area contributed by atoms with E-state index in [4.69, 9.17) is 0 Å². The molecule has 0 saturated heterocycles. The third-order valence-electron chi connectivity index (χ3n) is 5.28. The van der Waals surface area contributed by atoms with Crippen LogP contribution in [0.15, 0.2) is 0 Å². The first kappa shape index (κ1) is 34.6. The average Bonchev–Trinajstić information content (AvgIpc) is 2.79. The van der Waals surface area contributed by atoms with E-state index in [1.54, 1.807) is 0 Å². The van der Waals surface area contributed by atoms with Gasteiger partial charge >= 0.3 is 0 Å². The molecule has 0 fully saturated rings. The molecule has 0 bridgehead atoms. The first-order chi connectivity index (χ1) is 15.2. The average molecular weight is 441 g/mol. The lowest BCUT2D eigenvalue weighted by Gasteiger charge is -1.98. The van der Waals surface area contributed by atoms with Gasteiger partial charge in [-0.1, -0.05) is 124 Å². The smallest absolute Gasteiger partial charge is 0.119 e. The molecule has 0 saturated carbocycles. The molecule has 0 spiro atoms. The van der Waals surface area contributed by atoms with Crippen LogP contribution in [-0.2, 0) is 14.4 Å². The summed E-state index contributed by atoms with van der Waals surface area (Å²) in [5.41, 5.74) is 0. The molecule has 0 unspecified atom stereocenters. The van der Waals surface area contributed by atoms with E-state index in [9.17, 15) is 14.4 Å². The van der Waals surface area contributed by atoms with Gasteiger partial charge in [-0.15, -0.1) is 0 Å². The molecule has 186 valence electrons. The number of rotatable bonds is 22. The zero-order valence-electron chi connectivity index (χ0n) is 21.5. The first-order valence-corrected chi connectivity index (χ1v) is 13.6. The van der Waals surface area contributed by atoms with Gasteiger partial charge in [-0.2, -0.15) is 0 Å². The summed E-state index contributed by atoms with van der Waals surface area (Å²) >= 11 is 0. The summed E-state index contributed by atoms with van der Waals surface area (Å²) in [6, 6.07) is 0. The topological polar surface area (TPSA) is 51.2 Å². The Morgan fingerprint density at radius 1 is 0.323 bits per heavy atom. The van der Waals surface area contributed by atoms with Crippen molar-refractivity contribution in [2.45, 2.75) is 162 Å². The minimum atomic E-state index is 0.754. The first-order valence-electron chi connectivity index (χ1n) is 13.6. The Kier molecular flexibility index (Phi) is 44.1. The number of aldehydes is 3. The second kappa shape index (κ2) is 39.5. The van der Waals surface area contributed by atoms with Crippen LogP contribution in [0.2, 0.25) is 0 Å². The maximum Gasteiger partial charge on any atom is 0.119 e. The number of hydrogen-bond acceptors (Lipinski definition) is 3. The predicted molar refractivity (Wildman–Crippen MR) is 137 cm³/mol. The third kappa shape index (κ3) is 47.9. The molecule has 0 rings (SSSR count). The van der Waals surface area contributed by atoms with Crippen molar-refractivity contribution in [1.82, 2.24) is 0 Å². The highest BCUT2D eigenvalue weighted by molar-refractivity contribution is 5.49. The molecule has 0 N–H and O–H groups in total. The Hall–Kier alpha value is -0.990. The lowest BCUT2D eigenvalue weighted by atomic mass is 10.1. The molecule has 0 aromatic heterocycles. The van der Waals surface area contributed by atoms with Crippen LogP contribution in [-0.4, -0.2) is 18.9 Å². The second-order valence-corrected chi connectivity index (χ2v) is 8.52. The van der Waals surface area contributed by atoms with Gasteiger partial charge < -0.3 is 14.4 Å². The van der Waals surface area contributed by atoms with Gasteiger partial charge in [0.2, 0.25) is 0 Å². The van der Waals surface area contributed by atoms with Gasteiger partial charge in [0.15, 0.2) is 0 Å². The van der Waals surface area contributed by atoms with Crippen molar-refractivity contribution in [2.24, 2.45) is 0 Å². The largest absolute Gasteiger partial charge is 0.303 e. The highest BCUT2D eigenvalue weighted by Crippen LogP contribution is 2.08. The standard InChI is InChI=1S/C11H22O.C9H18O.C8H16O/c1-2-3-4-5-6-7-8-9-10-11-12;1-2-3-4-5-6-7-8-9-10;1-2-3-4-5-6-7-8-9/h11H,2-10H2,1H3;9H,2-8H2,1H3;8H,2-7H2,1H3. The summed E-state index contributed by atoms with van der Waals surface area (Å²) in [4.78, 5) is 29.7. The minimum absolute atomic E-state index is 0.754. The van der Waals surface area contributed by atoms with Crippen LogP contribution < -0.4 is 0 Å². The van der Waals surface area contributed by atoms with Crippen molar-refractivity contribution in [3.05, 3.63) is 0 Å². The molecule has 0 radical (unpaired) electrons. The normalized spacial score (nSPS) is 9.77. The van der Waals surface area contributed by atoms with Crippen LogP contribution in [0.4, 0.5) is 0 Å². The Morgan fingerprint density at radius 2 is 0.516 bits per heavy atom. The highest BCUT2D eigenvalue weighted by Gasteiger charge is 1.90. The van der Waals surface area contributed by atoms with Gasteiger partial charge in [-0.25, -0.2) is 0 Å². The Balaban J connectivity index is -0.000000384. The maximum atomic E-state index is 9.98. The molecular weight excluding hydrogens is 384 g/mol. The molecule has 0 aromatic carbocycles. The van der Waals surface area contributed by atoms with Crippen LogP contribution in [0.25, 0.3) is 0 Å². The molecule has 31 heavy (non-hydrogen) atoms. The second-order valence-electron chi connectivity index (χ2n) is 8.52. The summed E-state index contributed by atoms with van der Waals surface area (Å²) < 4.78 is 0. The minimum Gasteiger partial charge on any atom is -0.303 e. The van der Waals surface area contributed by atoms with E-state index >= 15 is 0 Å². The molecule has 3 nitrogen and oxygen atoms in total. The van der Waals surface area contributed by atoms with E-state index in [-0.39, 0.29) is 0 Å². The fourth-order valence-electron chi connectivity index (χ4n) is 3.20. The Morgan fingerprint density at radius 3 is 0.710 bits per heavy atom. The molecule has 0 heterocycles. The summed E-state index contributed by atoms with van der Waals surface area (Å²) in [7, 11) is 0. The Labute approximate surface area is 195 Å². The van der Waals surface area contributed by atoms with Crippen molar-refractivity contribution in [2.75, 3.05) is 0 Å². The number of carbonyl (C=O) groups excluding carboxylic acids is 3. The monoisotopic (exact) mass is 440 g/mol. The van der Waals surface area contributed by atoms with Crippen molar-refractivity contribution in [1.29, 1.82) is 0 Å². The van der Waals surface area contributed by atoms with Crippen LogP contribution in [0.5, 0.6) is 0 Å². The predicted octanol–water partition coefficient (Wildman–Crippen LogP) is 9.20. The highest BCUT2D eigenvalue weighted by atomic mass is 16.1. The SMILES string of the molecule is CCCCCCCC=O.CCCCCCCCC=O.CCCCCCCCCCC=O. The number of hydrogen-bond donors (Lipinski definition) is 0. The molecule has 0 amide bonds. The molecule has 0 aromatic rings. The lowest BCUT2D eigenvalue weighted by molar-refractivity contribution is -0.108. The summed E-state index contributed by atoms with van der Waals surface area (Å²) in [6.07, 6.45) is 29.6. The van der Waals surface area contributed by atoms with E-state index in [0.717, 1.165) is 57.4 Å². The van der Waals surface area contributed by atoms with Crippen molar-refractivity contribution in [3.63, 3.8) is 0 Å². The van der Waals surface area contributed by atoms with Crippen molar-refractivity contribution in [3.8, 4) is 0 Å². The van der Waals surface area contributed by atoms with Gasteiger partial charge in [0.25, 0.3) is 0 Å². The van der Waals surface area contributed by atoms with Gasteiger partial charge in [0.05, 0.1) is 0 Å². The van der Waals surface area contributed by atoms with E-state index in [1.807, 2.05) is 0 Å². The lowest BCUT2D eigenvalue weighted by Crippen LogP contribution is -1.81. The van der Waals surface area contributed by atoms with E-state index in [2.05, 4.69) is 20.8 Å². The van der Waals surface area contributed by atoms with Crippen molar-refractivity contribution >= 4 is 18.9 Å². The van der Waals surface area contributed by atoms with Crippen LogP contribution in [0.1, 0.15) is 162 Å². The van der Waals surface area contributed by atoms with Gasteiger partial charge in [-0.3, -0.25) is 0 Å². The van der Waals surface area contributed by atoms with E-state index in [0.29, 0.717) is 0 Å². The summed E-state index contributed by atoms with van der Waals surface area (Å²) in [5.74, 6) is 0. The third-order valence-corrected chi connectivity index (χ3v) is 5.28. The van der Waals surface area contributed by atoms with Crippen LogP contribution in [0.3, 0.4) is 0 Å². The maximum absolute atomic E-state index is 9.98. The molecule has 3 heteroatoms.